The van der Waals surface area contributed by atoms with Crippen LogP contribution < -0.4 is 4.74 Å². The molecular formula is C28H25ClN2O2. The Kier molecular flexibility index (Phi) is 5.77. The number of ether oxygens (including phenoxy) is 2. The highest BCUT2D eigenvalue weighted by molar-refractivity contribution is 6.35. The van der Waals surface area contributed by atoms with Crippen LogP contribution in [0.1, 0.15) is 25.0 Å². The summed E-state index contributed by atoms with van der Waals surface area (Å²) in [6.45, 7) is 7.01. The number of para-hydroxylation sites is 1. The molecule has 4 nitrogen and oxygen atoms in total. The lowest BCUT2D eigenvalue weighted by Crippen LogP contribution is -2.13. The topological polar surface area (TPSA) is 43.7 Å². The van der Waals surface area contributed by atoms with E-state index in [9.17, 15) is 0 Å². The molecule has 0 radical (unpaired) electrons. The third kappa shape index (κ3) is 4.31. The third-order valence-corrected chi connectivity index (χ3v) is 6.23. The Balaban J connectivity index is 1.47. The molecule has 1 aliphatic rings. The van der Waals surface area contributed by atoms with E-state index in [4.69, 9.17) is 26.1 Å². The van der Waals surface area contributed by atoms with E-state index in [-0.39, 0.29) is 6.04 Å². The van der Waals surface area contributed by atoms with Gasteiger partial charge in [-0.2, -0.15) is 0 Å². The van der Waals surface area contributed by atoms with Crippen LogP contribution in [-0.4, -0.2) is 23.5 Å². The molecule has 1 unspecified atom stereocenters. The molecule has 0 saturated carbocycles. The van der Waals surface area contributed by atoms with Gasteiger partial charge in [-0.3, -0.25) is 4.98 Å². The SMILES string of the molecule is Cc1cnc2c(Cl)cccc2c1-c1cccc(Oc2cccc(C3=NC(C(C)C)CO3)c2)c1. The average Bonchev–Trinajstić information content (AvgIpc) is 3.30. The van der Waals surface area contributed by atoms with E-state index in [0.717, 1.165) is 44.7 Å². The molecule has 166 valence electrons. The Morgan fingerprint density at radius 2 is 1.67 bits per heavy atom. The second-order valence-electron chi connectivity index (χ2n) is 8.67. The maximum Gasteiger partial charge on any atom is 0.216 e. The monoisotopic (exact) mass is 456 g/mol. The van der Waals surface area contributed by atoms with Crippen LogP contribution in [0, 0.1) is 12.8 Å². The Hall–Kier alpha value is -3.37. The molecule has 5 rings (SSSR count). The maximum absolute atomic E-state index is 6.40. The van der Waals surface area contributed by atoms with Gasteiger partial charge in [0.1, 0.15) is 18.1 Å². The molecular weight excluding hydrogens is 432 g/mol. The summed E-state index contributed by atoms with van der Waals surface area (Å²) in [6.07, 6.45) is 1.87. The summed E-state index contributed by atoms with van der Waals surface area (Å²) >= 11 is 6.40. The van der Waals surface area contributed by atoms with Crippen molar-refractivity contribution in [2.24, 2.45) is 10.9 Å². The highest BCUT2D eigenvalue weighted by Gasteiger charge is 2.23. The van der Waals surface area contributed by atoms with E-state index in [0.29, 0.717) is 23.4 Å². The van der Waals surface area contributed by atoms with Crippen LogP contribution in [0.15, 0.2) is 77.9 Å². The summed E-state index contributed by atoms with van der Waals surface area (Å²) in [5, 5.41) is 1.67. The minimum atomic E-state index is 0.202. The van der Waals surface area contributed by atoms with Crippen molar-refractivity contribution in [3.8, 4) is 22.6 Å². The summed E-state index contributed by atoms with van der Waals surface area (Å²) < 4.78 is 12.1. The second kappa shape index (κ2) is 8.87. The molecule has 0 N–H and O–H groups in total. The number of fused-ring (bicyclic) bond motifs is 1. The van der Waals surface area contributed by atoms with E-state index in [1.54, 1.807) is 0 Å². The fourth-order valence-electron chi connectivity index (χ4n) is 4.10. The molecule has 1 aliphatic heterocycles. The van der Waals surface area contributed by atoms with Gasteiger partial charge in [-0.15, -0.1) is 0 Å². The first-order valence-corrected chi connectivity index (χ1v) is 11.5. The van der Waals surface area contributed by atoms with Crippen LogP contribution in [0.2, 0.25) is 5.02 Å². The number of nitrogens with zero attached hydrogens (tertiary/aromatic N) is 2. The smallest absolute Gasteiger partial charge is 0.216 e. The first kappa shape index (κ1) is 21.5. The van der Waals surface area contributed by atoms with Crippen molar-refractivity contribution in [2.75, 3.05) is 6.61 Å². The standard InChI is InChI=1S/C28H25ClN2O2/c1-17(2)25-16-32-28(31-25)20-8-5-10-22(14-20)33-21-9-4-7-19(13-21)26-18(3)15-30-27-23(26)11-6-12-24(27)29/h4-15,17,25H,16H2,1-3H3. The highest BCUT2D eigenvalue weighted by atomic mass is 35.5. The Labute approximate surface area is 198 Å². The number of rotatable bonds is 5. The molecule has 1 aromatic heterocycles. The zero-order valence-corrected chi connectivity index (χ0v) is 19.6. The van der Waals surface area contributed by atoms with Crippen molar-refractivity contribution in [2.45, 2.75) is 26.8 Å². The first-order valence-electron chi connectivity index (χ1n) is 11.1. The molecule has 0 amide bonds. The lowest BCUT2D eigenvalue weighted by molar-refractivity contribution is 0.292. The Morgan fingerprint density at radius 3 is 2.39 bits per heavy atom. The number of hydrogen-bond donors (Lipinski definition) is 0. The van der Waals surface area contributed by atoms with E-state index in [2.05, 4.69) is 37.9 Å². The third-order valence-electron chi connectivity index (χ3n) is 5.92. The number of hydrogen-bond acceptors (Lipinski definition) is 4. The molecule has 2 heterocycles. The maximum atomic E-state index is 6.40. The van der Waals surface area contributed by atoms with E-state index < -0.39 is 0 Å². The number of aromatic nitrogens is 1. The van der Waals surface area contributed by atoms with Crippen LogP contribution in [0.25, 0.3) is 22.0 Å². The Morgan fingerprint density at radius 1 is 0.970 bits per heavy atom. The van der Waals surface area contributed by atoms with Gasteiger partial charge in [0.2, 0.25) is 5.90 Å². The van der Waals surface area contributed by atoms with Gasteiger partial charge in [0, 0.05) is 17.1 Å². The zero-order valence-electron chi connectivity index (χ0n) is 18.9. The fourth-order valence-corrected chi connectivity index (χ4v) is 4.33. The highest BCUT2D eigenvalue weighted by Crippen LogP contribution is 2.36. The van der Waals surface area contributed by atoms with Crippen molar-refractivity contribution in [3.63, 3.8) is 0 Å². The summed E-state index contributed by atoms with van der Waals surface area (Å²) in [4.78, 5) is 9.26. The van der Waals surface area contributed by atoms with Crippen molar-refractivity contribution in [1.29, 1.82) is 0 Å². The van der Waals surface area contributed by atoms with Crippen molar-refractivity contribution < 1.29 is 9.47 Å². The van der Waals surface area contributed by atoms with Crippen LogP contribution in [0.3, 0.4) is 0 Å². The molecule has 3 aromatic carbocycles. The summed E-state index contributed by atoms with van der Waals surface area (Å²) in [5.74, 6) is 2.63. The van der Waals surface area contributed by atoms with Crippen LogP contribution >= 0.6 is 11.6 Å². The number of aryl methyl sites for hydroxylation is 1. The summed E-state index contributed by atoms with van der Waals surface area (Å²) in [5.41, 5.74) is 4.97. The number of aliphatic imine (C=N–C) groups is 1. The van der Waals surface area contributed by atoms with Crippen LogP contribution in [0.5, 0.6) is 11.5 Å². The van der Waals surface area contributed by atoms with E-state index >= 15 is 0 Å². The van der Waals surface area contributed by atoms with Gasteiger partial charge in [-0.05, 0) is 65.9 Å². The molecule has 0 spiro atoms. The minimum Gasteiger partial charge on any atom is -0.475 e. The van der Waals surface area contributed by atoms with Gasteiger partial charge >= 0.3 is 0 Å². The van der Waals surface area contributed by atoms with Crippen LogP contribution in [0.4, 0.5) is 0 Å². The Bertz CT molecular complexity index is 1360. The van der Waals surface area contributed by atoms with Gasteiger partial charge in [0.15, 0.2) is 0 Å². The molecule has 0 saturated heterocycles. The number of pyridine rings is 1. The quantitative estimate of drug-likeness (QED) is 0.313. The van der Waals surface area contributed by atoms with Crippen LogP contribution in [-0.2, 0) is 4.74 Å². The summed E-state index contributed by atoms with van der Waals surface area (Å²) in [6, 6.07) is 22.1. The van der Waals surface area contributed by atoms with Gasteiger partial charge in [-0.1, -0.05) is 55.8 Å². The van der Waals surface area contributed by atoms with Gasteiger partial charge in [0.05, 0.1) is 16.6 Å². The molecule has 33 heavy (non-hydrogen) atoms. The van der Waals surface area contributed by atoms with Gasteiger partial charge in [-0.25, -0.2) is 4.99 Å². The number of halogens is 1. The molecule has 1 atom stereocenters. The van der Waals surface area contributed by atoms with Gasteiger partial charge in [0.25, 0.3) is 0 Å². The first-order chi connectivity index (χ1) is 16.0. The fraction of sp³-hybridized carbons (Fsp3) is 0.214. The molecule has 5 heteroatoms. The van der Waals surface area contributed by atoms with E-state index in [1.807, 2.05) is 60.8 Å². The molecule has 0 aliphatic carbocycles. The number of benzene rings is 3. The van der Waals surface area contributed by atoms with Crippen molar-refractivity contribution >= 4 is 28.4 Å². The largest absolute Gasteiger partial charge is 0.475 e. The van der Waals surface area contributed by atoms with E-state index in [1.165, 1.54) is 0 Å². The zero-order chi connectivity index (χ0) is 22.9. The molecule has 0 bridgehead atoms. The lowest BCUT2D eigenvalue weighted by Gasteiger charge is -2.13. The normalized spacial score (nSPS) is 15.5. The van der Waals surface area contributed by atoms with Crippen molar-refractivity contribution in [3.05, 3.63) is 89.1 Å². The lowest BCUT2D eigenvalue weighted by atomic mass is 9.97. The predicted molar refractivity (Wildman–Crippen MR) is 135 cm³/mol. The minimum absolute atomic E-state index is 0.202. The van der Waals surface area contributed by atoms with Crippen molar-refractivity contribution in [1.82, 2.24) is 4.98 Å². The molecule has 4 aromatic rings. The summed E-state index contributed by atoms with van der Waals surface area (Å²) in [7, 11) is 0. The predicted octanol–water partition coefficient (Wildman–Crippen LogP) is 7.46. The van der Waals surface area contributed by atoms with Gasteiger partial charge < -0.3 is 9.47 Å². The molecule has 0 fully saturated rings. The average molecular weight is 457 g/mol. The second-order valence-corrected chi connectivity index (χ2v) is 9.07.